The zero-order valence-electron chi connectivity index (χ0n) is 29.8. The van der Waals surface area contributed by atoms with E-state index in [1.807, 2.05) is 18.2 Å². The molecule has 0 aromatic heterocycles. The van der Waals surface area contributed by atoms with Crippen LogP contribution >= 0.6 is 15.8 Å². The van der Waals surface area contributed by atoms with E-state index in [-0.39, 0.29) is 17.8 Å². The first-order valence-electron chi connectivity index (χ1n) is 18.4. The quantitative estimate of drug-likeness (QED) is 0.193. The summed E-state index contributed by atoms with van der Waals surface area (Å²) in [6, 6.07) is 1.52. The maximum Gasteiger partial charge on any atom is 0.416 e. The van der Waals surface area contributed by atoms with E-state index in [4.69, 9.17) is 0 Å². The number of hydrogen-bond acceptors (Lipinski definition) is 0. The second-order valence-corrected chi connectivity index (χ2v) is 20.1. The monoisotopic (exact) mass is 822 g/mol. The lowest BCUT2D eigenvalue weighted by Gasteiger charge is -2.43. The van der Waals surface area contributed by atoms with Crippen molar-refractivity contribution in [2.75, 3.05) is 0 Å². The Morgan fingerprint density at radius 1 is 0.527 bits per heavy atom. The van der Waals surface area contributed by atoms with Crippen molar-refractivity contribution in [3.05, 3.63) is 118 Å². The third-order valence-electron chi connectivity index (χ3n) is 11.0. The lowest BCUT2D eigenvalue weighted by molar-refractivity contribution is -0.144. The summed E-state index contributed by atoms with van der Waals surface area (Å²) in [5.74, 6) is 0. The van der Waals surface area contributed by atoms with E-state index in [2.05, 4.69) is 6.08 Å². The molecule has 2 fully saturated rings. The van der Waals surface area contributed by atoms with Crippen molar-refractivity contribution in [1.29, 1.82) is 0 Å². The van der Waals surface area contributed by atoms with Gasteiger partial charge in [-0.15, -0.1) is 0 Å². The first kappa shape index (κ1) is 41.8. The molecule has 0 spiro atoms. The van der Waals surface area contributed by atoms with Crippen molar-refractivity contribution in [3.63, 3.8) is 0 Å². The minimum absolute atomic E-state index is 0.0263. The van der Waals surface area contributed by atoms with Gasteiger partial charge in [-0.05, 0) is 109 Å². The van der Waals surface area contributed by atoms with Crippen LogP contribution in [0, 0.1) is 0 Å². The standard InChI is InChI=1S/C41H40F12P2/c1-25(34-16-10-17-35(34)36-15-8-9-18-37(36)55(30-11-4-2-5-12-30)31-13-6-3-7-14-31)54(32-21-26(38(42,43)44)19-27(22-32)39(45,46)47)33-23-28(40(48,49)50)20-29(24-33)41(51,52)53/h8-10,15-25,30-31,37H,2-7,11-14H2,1H3. The fourth-order valence-corrected chi connectivity index (χ4v) is 15.6. The van der Waals surface area contributed by atoms with Crippen molar-refractivity contribution in [2.24, 2.45) is 0 Å². The Kier molecular flexibility index (Phi) is 12.3. The van der Waals surface area contributed by atoms with Gasteiger partial charge < -0.3 is 0 Å². The van der Waals surface area contributed by atoms with Gasteiger partial charge in [0.2, 0.25) is 0 Å². The summed E-state index contributed by atoms with van der Waals surface area (Å²) in [4.78, 5) is 0. The lowest BCUT2D eigenvalue weighted by Crippen LogP contribution is -2.29. The summed E-state index contributed by atoms with van der Waals surface area (Å²) in [5, 5.41) is -1.28. The molecule has 0 aliphatic heterocycles. The molecule has 6 rings (SSSR count). The molecular formula is C41H40F12P2. The molecule has 2 unspecified atom stereocenters. The van der Waals surface area contributed by atoms with E-state index in [0.717, 1.165) is 69.8 Å². The Morgan fingerprint density at radius 2 is 0.945 bits per heavy atom. The number of allylic oxidation sites excluding steroid dienone is 10. The van der Waals surface area contributed by atoms with Crippen molar-refractivity contribution in [3.8, 4) is 0 Å². The number of halogens is 12. The van der Waals surface area contributed by atoms with Gasteiger partial charge in [-0.2, -0.15) is 52.7 Å². The molecule has 2 saturated carbocycles. The number of rotatable bonds is 7. The molecule has 0 radical (unpaired) electrons. The van der Waals surface area contributed by atoms with Gasteiger partial charge in [-0.1, -0.05) is 95.9 Å². The first-order valence-corrected chi connectivity index (χ1v) is 21.3. The summed E-state index contributed by atoms with van der Waals surface area (Å²) in [7, 11) is -3.39. The molecule has 14 heteroatoms. The van der Waals surface area contributed by atoms with E-state index < -0.39 is 79.1 Å². The van der Waals surface area contributed by atoms with Gasteiger partial charge in [0.15, 0.2) is 0 Å². The SMILES string of the molecule is CC(C1=CC=CC1=C1C=CC=CC1P(C1CCCCC1)C1CCCCC1)P(c1cc(C(F)(F)F)cc(C(F)(F)F)c1)c1cc(C(F)(F)F)cc(C(F)(F)F)c1. The van der Waals surface area contributed by atoms with Crippen LogP contribution in [0.15, 0.2) is 95.6 Å². The fraction of sp³-hybridized carbons (Fsp3) is 0.463. The van der Waals surface area contributed by atoms with Gasteiger partial charge in [0, 0.05) is 11.3 Å². The first-order chi connectivity index (χ1) is 25.7. The van der Waals surface area contributed by atoms with Gasteiger partial charge in [0.05, 0.1) is 22.3 Å². The number of benzene rings is 2. The highest BCUT2D eigenvalue weighted by molar-refractivity contribution is 7.73. The molecule has 0 heterocycles. The third-order valence-corrected chi connectivity index (χ3v) is 17.5. The van der Waals surface area contributed by atoms with Crippen LogP contribution < -0.4 is 10.6 Å². The molecule has 0 N–H and O–H groups in total. The highest BCUT2D eigenvalue weighted by Crippen LogP contribution is 2.62. The topological polar surface area (TPSA) is 0 Å². The maximum atomic E-state index is 14.2. The maximum absolute atomic E-state index is 14.2. The molecule has 298 valence electrons. The second-order valence-electron chi connectivity index (χ2n) is 14.6. The van der Waals surface area contributed by atoms with Crippen LogP contribution in [0.1, 0.15) is 93.4 Å². The number of alkyl halides is 12. The molecule has 4 aliphatic carbocycles. The van der Waals surface area contributed by atoms with Gasteiger partial charge in [0.25, 0.3) is 0 Å². The van der Waals surface area contributed by atoms with Gasteiger partial charge >= 0.3 is 24.7 Å². The van der Waals surface area contributed by atoms with Crippen LogP contribution in [-0.4, -0.2) is 22.6 Å². The predicted molar refractivity (Wildman–Crippen MR) is 196 cm³/mol. The normalized spacial score (nSPS) is 22.6. The van der Waals surface area contributed by atoms with Crippen molar-refractivity contribution >= 4 is 26.5 Å². The van der Waals surface area contributed by atoms with Gasteiger partial charge in [-0.25, -0.2) is 0 Å². The smallest absolute Gasteiger partial charge is 0.166 e. The second kappa shape index (κ2) is 16.2. The largest absolute Gasteiger partial charge is 0.416 e. The molecule has 4 aliphatic rings. The highest BCUT2D eigenvalue weighted by atomic mass is 31.1. The summed E-state index contributed by atoms with van der Waals surface area (Å²) in [6.07, 6.45) is 3.03. The average molecular weight is 823 g/mol. The zero-order valence-corrected chi connectivity index (χ0v) is 31.6. The average Bonchev–Trinajstić information content (AvgIpc) is 3.61. The van der Waals surface area contributed by atoms with Gasteiger partial charge in [0.1, 0.15) is 0 Å². The molecule has 0 saturated heterocycles. The lowest BCUT2D eigenvalue weighted by atomic mass is 9.95. The molecule has 2 atom stereocenters. The summed E-state index contributed by atoms with van der Waals surface area (Å²) < 4.78 is 170. The third kappa shape index (κ3) is 9.49. The van der Waals surface area contributed by atoms with E-state index in [1.54, 1.807) is 18.2 Å². The minimum atomic E-state index is -5.30. The fourth-order valence-electron chi connectivity index (χ4n) is 8.50. The Hall–Kier alpha value is -2.84. The van der Waals surface area contributed by atoms with Crippen molar-refractivity contribution < 1.29 is 52.7 Å². The van der Waals surface area contributed by atoms with Crippen molar-refractivity contribution in [2.45, 2.75) is 118 Å². The van der Waals surface area contributed by atoms with Gasteiger partial charge in [-0.3, -0.25) is 0 Å². The van der Waals surface area contributed by atoms with E-state index >= 15 is 0 Å². The van der Waals surface area contributed by atoms with Crippen LogP contribution in [0.25, 0.3) is 0 Å². The molecular weight excluding hydrogens is 782 g/mol. The summed E-state index contributed by atoms with van der Waals surface area (Å²) >= 11 is 0. The number of hydrogen-bond donors (Lipinski definition) is 0. The van der Waals surface area contributed by atoms with E-state index in [9.17, 15) is 52.7 Å². The van der Waals surface area contributed by atoms with Crippen LogP contribution in [0.3, 0.4) is 0 Å². The predicted octanol–water partition coefficient (Wildman–Crippen LogP) is 14.0. The summed E-state index contributed by atoms with van der Waals surface area (Å²) in [6.45, 7) is 1.47. The van der Waals surface area contributed by atoms with Crippen LogP contribution in [0.5, 0.6) is 0 Å². The van der Waals surface area contributed by atoms with Crippen LogP contribution in [0.2, 0.25) is 0 Å². The van der Waals surface area contributed by atoms with Crippen LogP contribution in [-0.2, 0) is 24.7 Å². The van der Waals surface area contributed by atoms with Crippen molar-refractivity contribution in [1.82, 2.24) is 0 Å². The minimum Gasteiger partial charge on any atom is -0.166 e. The van der Waals surface area contributed by atoms with Crippen LogP contribution in [0.4, 0.5) is 52.7 Å². The molecule has 0 bridgehead atoms. The molecule has 2 aromatic rings. The zero-order chi connectivity index (χ0) is 39.9. The molecule has 0 amide bonds. The van der Waals surface area contributed by atoms with E-state index in [1.165, 1.54) is 6.92 Å². The highest BCUT2D eigenvalue weighted by Gasteiger charge is 2.43. The molecule has 55 heavy (non-hydrogen) atoms. The van der Waals surface area contributed by atoms with E-state index in [0.29, 0.717) is 46.7 Å². The Balaban J connectivity index is 1.55. The molecule has 0 nitrogen and oxygen atoms in total. The Bertz CT molecular complexity index is 1700. The Labute approximate surface area is 315 Å². The summed E-state index contributed by atoms with van der Waals surface area (Å²) in [5.41, 5.74) is -4.98. The molecule has 2 aromatic carbocycles. The Morgan fingerprint density at radius 3 is 1.35 bits per heavy atom.